The van der Waals surface area contributed by atoms with E-state index in [0.29, 0.717) is 18.0 Å². The maximum Gasteiger partial charge on any atom is 0.226 e. The van der Waals surface area contributed by atoms with E-state index in [-0.39, 0.29) is 5.92 Å². The van der Waals surface area contributed by atoms with Crippen molar-refractivity contribution in [2.45, 2.75) is 63.5 Å². The molecule has 4 heteroatoms. The number of likely N-dealkylation sites (tertiary alicyclic amines) is 2. The molecule has 4 nitrogen and oxygen atoms in total. The van der Waals surface area contributed by atoms with Crippen LogP contribution in [0.5, 0.6) is 0 Å². The van der Waals surface area contributed by atoms with Gasteiger partial charge in [-0.05, 0) is 89.9 Å². The Bertz CT molecular complexity index is 440. The fourth-order valence-electron chi connectivity index (χ4n) is 5.23. The zero-order valence-corrected chi connectivity index (χ0v) is 15.6. The average Bonchev–Trinajstić information content (AvgIpc) is 3.50. The highest BCUT2D eigenvalue weighted by Crippen LogP contribution is 2.47. The van der Waals surface area contributed by atoms with Crippen molar-refractivity contribution in [3.05, 3.63) is 0 Å². The molecule has 0 spiro atoms. The van der Waals surface area contributed by atoms with Crippen LogP contribution < -0.4 is 0 Å². The number of carbonyl (C=O) groups excluding carboxylic acids is 1. The Hall–Kier alpha value is -0.610. The summed E-state index contributed by atoms with van der Waals surface area (Å²) in [5.41, 5.74) is 0. The molecule has 1 amide bonds. The van der Waals surface area contributed by atoms with Crippen LogP contribution in [-0.2, 0) is 4.79 Å². The maximum absolute atomic E-state index is 13.2. The van der Waals surface area contributed by atoms with Crippen LogP contribution in [-0.4, -0.2) is 73.0 Å². The Labute approximate surface area is 147 Å². The predicted octanol–water partition coefficient (Wildman–Crippen LogP) is 2.44. The van der Waals surface area contributed by atoms with Gasteiger partial charge in [-0.25, -0.2) is 0 Å². The minimum absolute atomic E-state index is 0.253. The van der Waals surface area contributed by atoms with Gasteiger partial charge in [0.25, 0.3) is 0 Å². The van der Waals surface area contributed by atoms with Crippen LogP contribution >= 0.6 is 0 Å². The first-order valence-corrected chi connectivity index (χ1v) is 10.3. The summed E-state index contributed by atoms with van der Waals surface area (Å²) in [5.74, 6) is 2.35. The van der Waals surface area contributed by atoms with Crippen LogP contribution in [0.4, 0.5) is 0 Å². The van der Waals surface area contributed by atoms with Crippen molar-refractivity contribution in [3.8, 4) is 0 Å². The minimum atomic E-state index is 0.253. The van der Waals surface area contributed by atoms with Gasteiger partial charge < -0.3 is 9.80 Å². The molecule has 0 aromatic heterocycles. The van der Waals surface area contributed by atoms with E-state index in [9.17, 15) is 4.79 Å². The number of rotatable bonds is 5. The zero-order chi connectivity index (χ0) is 16.7. The molecule has 0 bridgehead atoms. The van der Waals surface area contributed by atoms with Crippen LogP contribution in [0.25, 0.3) is 0 Å². The summed E-state index contributed by atoms with van der Waals surface area (Å²) >= 11 is 0. The summed E-state index contributed by atoms with van der Waals surface area (Å²) in [6.45, 7) is 4.65. The highest BCUT2D eigenvalue weighted by molar-refractivity contribution is 5.79. The number of nitrogens with zero attached hydrogens (tertiary/aromatic N) is 3. The molecule has 1 atom stereocenters. The van der Waals surface area contributed by atoms with Gasteiger partial charge in [-0.15, -0.1) is 0 Å². The van der Waals surface area contributed by atoms with E-state index < -0.39 is 0 Å². The van der Waals surface area contributed by atoms with Gasteiger partial charge in [0.15, 0.2) is 0 Å². The standard InChI is InChI=1S/C20H35N3O/c1-21-12-9-18(10-13-21)23-11-3-4-17(14-23)20(24)22(2)19(15-5-6-15)16-7-8-16/h15-19H,3-14H2,1-2H3. The van der Waals surface area contributed by atoms with Crippen LogP contribution in [0.15, 0.2) is 0 Å². The molecule has 4 fully saturated rings. The first-order chi connectivity index (χ1) is 11.6. The Kier molecular flexibility index (Phi) is 4.88. The highest BCUT2D eigenvalue weighted by atomic mass is 16.2. The lowest BCUT2D eigenvalue weighted by atomic mass is 9.92. The molecule has 2 heterocycles. The van der Waals surface area contributed by atoms with E-state index in [0.717, 1.165) is 24.8 Å². The van der Waals surface area contributed by atoms with Gasteiger partial charge in [-0.1, -0.05) is 0 Å². The van der Waals surface area contributed by atoms with Crippen LogP contribution in [0.2, 0.25) is 0 Å². The molecular formula is C20H35N3O. The second kappa shape index (κ2) is 6.95. The van der Waals surface area contributed by atoms with Crippen molar-refractivity contribution in [2.24, 2.45) is 17.8 Å². The quantitative estimate of drug-likeness (QED) is 0.773. The van der Waals surface area contributed by atoms with Crippen molar-refractivity contribution < 1.29 is 4.79 Å². The SMILES string of the molecule is CN1CCC(N2CCCC(C(=O)N(C)C(C3CC3)C3CC3)C2)CC1. The van der Waals surface area contributed by atoms with Gasteiger partial charge in [0.1, 0.15) is 0 Å². The van der Waals surface area contributed by atoms with Gasteiger partial charge in [0, 0.05) is 25.7 Å². The van der Waals surface area contributed by atoms with E-state index in [2.05, 4.69) is 28.8 Å². The summed E-state index contributed by atoms with van der Waals surface area (Å²) in [4.78, 5) is 20.5. The van der Waals surface area contributed by atoms with Crippen LogP contribution in [0, 0.1) is 17.8 Å². The molecule has 2 saturated carbocycles. The van der Waals surface area contributed by atoms with Gasteiger partial charge >= 0.3 is 0 Å². The lowest BCUT2D eigenvalue weighted by Crippen LogP contribution is -2.52. The van der Waals surface area contributed by atoms with Gasteiger partial charge in [-0.3, -0.25) is 9.69 Å². The number of carbonyl (C=O) groups is 1. The Morgan fingerprint density at radius 3 is 2.17 bits per heavy atom. The van der Waals surface area contributed by atoms with Crippen molar-refractivity contribution in [1.29, 1.82) is 0 Å². The number of hydrogen-bond acceptors (Lipinski definition) is 3. The molecule has 4 aliphatic rings. The molecule has 0 aromatic carbocycles. The predicted molar refractivity (Wildman–Crippen MR) is 96.8 cm³/mol. The summed E-state index contributed by atoms with van der Waals surface area (Å²) in [7, 11) is 4.34. The summed E-state index contributed by atoms with van der Waals surface area (Å²) in [5, 5.41) is 0. The fraction of sp³-hybridized carbons (Fsp3) is 0.950. The topological polar surface area (TPSA) is 26.8 Å². The second-order valence-corrected chi connectivity index (χ2v) is 8.98. The minimum Gasteiger partial charge on any atom is -0.342 e. The van der Waals surface area contributed by atoms with Crippen LogP contribution in [0.3, 0.4) is 0 Å². The number of amides is 1. The lowest BCUT2D eigenvalue weighted by molar-refractivity contribution is -0.139. The van der Waals surface area contributed by atoms with Gasteiger partial charge in [-0.2, -0.15) is 0 Å². The van der Waals surface area contributed by atoms with E-state index in [4.69, 9.17) is 0 Å². The molecule has 4 rings (SSSR count). The summed E-state index contributed by atoms with van der Waals surface area (Å²) in [6, 6.07) is 1.28. The highest BCUT2D eigenvalue weighted by Gasteiger charge is 2.46. The molecule has 1 unspecified atom stereocenters. The first kappa shape index (κ1) is 16.8. The third-order valence-corrected chi connectivity index (χ3v) is 7.01. The van der Waals surface area contributed by atoms with E-state index in [1.54, 1.807) is 0 Å². The van der Waals surface area contributed by atoms with Crippen molar-refractivity contribution in [1.82, 2.24) is 14.7 Å². The lowest BCUT2D eigenvalue weighted by Gasteiger charge is -2.42. The monoisotopic (exact) mass is 333 g/mol. The van der Waals surface area contributed by atoms with Crippen molar-refractivity contribution in [3.63, 3.8) is 0 Å². The Morgan fingerprint density at radius 2 is 1.58 bits per heavy atom. The Balaban J connectivity index is 1.35. The number of hydrogen-bond donors (Lipinski definition) is 0. The van der Waals surface area contributed by atoms with Gasteiger partial charge in [0.2, 0.25) is 5.91 Å². The molecule has 2 aliphatic heterocycles. The molecular weight excluding hydrogens is 298 g/mol. The molecule has 136 valence electrons. The zero-order valence-electron chi connectivity index (χ0n) is 15.6. The Morgan fingerprint density at radius 1 is 0.958 bits per heavy atom. The third-order valence-electron chi connectivity index (χ3n) is 7.01. The summed E-state index contributed by atoms with van der Waals surface area (Å²) < 4.78 is 0. The first-order valence-electron chi connectivity index (χ1n) is 10.3. The molecule has 0 radical (unpaired) electrons. The molecule has 0 N–H and O–H groups in total. The largest absolute Gasteiger partial charge is 0.342 e. The van der Waals surface area contributed by atoms with Gasteiger partial charge in [0.05, 0.1) is 5.92 Å². The van der Waals surface area contributed by atoms with E-state index >= 15 is 0 Å². The second-order valence-electron chi connectivity index (χ2n) is 8.98. The smallest absolute Gasteiger partial charge is 0.226 e. The normalized spacial score (nSPS) is 30.7. The molecule has 2 saturated heterocycles. The van der Waals surface area contributed by atoms with Crippen molar-refractivity contribution >= 4 is 5.91 Å². The molecule has 0 aromatic rings. The fourth-order valence-corrected chi connectivity index (χ4v) is 5.23. The molecule has 24 heavy (non-hydrogen) atoms. The van der Waals surface area contributed by atoms with E-state index in [1.165, 1.54) is 64.6 Å². The van der Waals surface area contributed by atoms with E-state index in [1.807, 2.05) is 0 Å². The van der Waals surface area contributed by atoms with Crippen LogP contribution in [0.1, 0.15) is 51.4 Å². The molecule has 2 aliphatic carbocycles. The number of piperidine rings is 2. The van der Waals surface area contributed by atoms with Crippen molar-refractivity contribution in [2.75, 3.05) is 40.3 Å². The average molecular weight is 334 g/mol. The third kappa shape index (κ3) is 3.65. The maximum atomic E-state index is 13.2. The summed E-state index contributed by atoms with van der Waals surface area (Å²) in [6.07, 6.45) is 10.3.